The summed E-state index contributed by atoms with van der Waals surface area (Å²) in [5, 5.41) is 2.30. The second-order valence-electron chi connectivity index (χ2n) is 7.44. The van der Waals surface area contributed by atoms with E-state index in [1.54, 1.807) is 23.1 Å². The molecule has 2 aliphatic heterocycles. The summed E-state index contributed by atoms with van der Waals surface area (Å²) in [6, 6.07) is 7.99. The fraction of sp³-hybridized carbons (Fsp3) is 0.429. The fourth-order valence-corrected chi connectivity index (χ4v) is 4.95. The first-order valence-corrected chi connectivity index (χ1v) is 11.1. The van der Waals surface area contributed by atoms with E-state index >= 15 is 0 Å². The van der Waals surface area contributed by atoms with Crippen molar-refractivity contribution in [2.24, 2.45) is 0 Å². The smallest absolute Gasteiger partial charge is 0.264 e. The summed E-state index contributed by atoms with van der Waals surface area (Å²) in [6.45, 7) is 3.51. The first-order chi connectivity index (χ1) is 14.0. The first-order valence-electron chi connectivity index (χ1n) is 9.83. The minimum absolute atomic E-state index is 0.0241. The fourth-order valence-electron chi connectivity index (χ4n) is 4.05. The van der Waals surface area contributed by atoms with E-state index in [4.69, 9.17) is 11.6 Å². The number of amides is 2. The number of likely N-dealkylation sites (tertiary alicyclic amines) is 1. The molecule has 2 saturated heterocycles. The zero-order valence-electron chi connectivity index (χ0n) is 16.0. The molecule has 2 amide bonds. The van der Waals surface area contributed by atoms with Gasteiger partial charge < -0.3 is 9.80 Å². The predicted octanol–water partition coefficient (Wildman–Crippen LogP) is 3.49. The van der Waals surface area contributed by atoms with Crippen LogP contribution in [0.4, 0.5) is 4.39 Å². The summed E-state index contributed by atoms with van der Waals surface area (Å²) < 4.78 is 14.0. The topological polar surface area (TPSA) is 43.9 Å². The molecule has 1 atom stereocenters. The van der Waals surface area contributed by atoms with Gasteiger partial charge in [0.15, 0.2) is 0 Å². The van der Waals surface area contributed by atoms with Crippen LogP contribution < -0.4 is 0 Å². The number of benzene rings is 1. The maximum absolute atomic E-state index is 14.0. The van der Waals surface area contributed by atoms with E-state index in [9.17, 15) is 14.0 Å². The summed E-state index contributed by atoms with van der Waals surface area (Å²) in [5.74, 6) is -0.329. The van der Waals surface area contributed by atoms with Crippen LogP contribution in [0, 0.1) is 5.82 Å². The molecule has 3 heterocycles. The predicted molar refractivity (Wildman–Crippen MR) is 112 cm³/mol. The molecule has 8 heteroatoms. The highest BCUT2D eigenvalue weighted by molar-refractivity contribution is 7.12. The standard InChI is InChI=1S/C21H23ClFN3O2S/c22-16-4-1-5-17(23)15(16)14-24-9-11-25(12-10-24)20(27)18-6-2-8-26(18)21(28)19-7-3-13-29-19/h1,3-5,7,13,18H,2,6,8-12,14H2/t18-/m1/s1. The van der Waals surface area contributed by atoms with Gasteiger partial charge in [-0.15, -0.1) is 11.3 Å². The Bertz CT molecular complexity index is 864. The molecule has 0 unspecified atom stereocenters. The van der Waals surface area contributed by atoms with E-state index in [1.807, 2.05) is 16.3 Å². The Morgan fingerprint density at radius 1 is 1.10 bits per heavy atom. The summed E-state index contributed by atoms with van der Waals surface area (Å²) >= 11 is 7.54. The molecule has 2 aromatic rings. The quantitative estimate of drug-likeness (QED) is 0.738. The van der Waals surface area contributed by atoms with E-state index in [-0.39, 0.29) is 23.7 Å². The van der Waals surface area contributed by atoms with Gasteiger partial charge in [0.1, 0.15) is 11.9 Å². The van der Waals surface area contributed by atoms with Crippen molar-refractivity contribution in [3.63, 3.8) is 0 Å². The van der Waals surface area contributed by atoms with Crippen molar-refractivity contribution in [2.45, 2.75) is 25.4 Å². The van der Waals surface area contributed by atoms with E-state index in [1.165, 1.54) is 17.4 Å². The third-order valence-corrected chi connectivity index (χ3v) is 6.87. The maximum Gasteiger partial charge on any atom is 0.264 e. The van der Waals surface area contributed by atoms with Crippen LogP contribution in [-0.2, 0) is 11.3 Å². The van der Waals surface area contributed by atoms with Crippen molar-refractivity contribution < 1.29 is 14.0 Å². The second-order valence-corrected chi connectivity index (χ2v) is 8.79. The minimum atomic E-state index is -0.378. The molecule has 0 radical (unpaired) electrons. The average Bonchev–Trinajstić information content (AvgIpc) is 3.42. The molecule has 1 aromatic heterocycles. The molecule has 5 nitrogen and oxygen atoms in total. The number of hydrogen-bond acceptors (Lipinski definition) is 4. The van der Waals surface area contributed by atoms with Crippen LogP contribution in [0.3, 0.4) is 0 Å². The Morgan fingerprint density at radius 2 is 1.90 bits per heavy atom. The Morgan fingerprint density at radius 3 is 2.59 bits per heavy atom. The van der Waals surface area contributed by atoms with E-state index in [0.717, 1.165) is 6.42 Å². The highest BCUT2D eigenvalue weighted by atomic mass is 35.5. The Balaban J connectivity index is 1.36. The van der Waals surface area contributed by atoms with Crippen LogP contribution in [0.15, 0.2) is 35.7 Å². The largest absolute Gasteiger partial charge is 0.338 e. The Labute approximate surface area is 178 Å². The van der Waals surface area contributed by atoms with Crippen LogP contribution in [0.5, 0.6) is 0 Å². The Kier molecular flexibility index (Phi) is 6.18. The van der Waals surface area contributed by atoms with Gasteiger partial charge in [-0.25, -0.2) is 4.39 Å². The SMILES string of the molecule is O=C([C@H]1CCCN1C(=O)c1cccs1)N1CCN(Cc2c(F)cccc2Cl)CC1. The van der Waals surface area contributed by atoms with Gasteiger partial charge in [-0.3, -0.25) is 14.5 Å². The number of carbonyl (C=O) groups is 2. The molecule has 154 valence electrons. The highest BCUT2D eigenvalue weighted by Gasteiger charge is 2.38. The normalized spacial score (nSPS) is 20.3. The van der Waals surface area contributed by atoms with Crippen molar-refractivity contribution in [3.05, 3.63) is 57.0 Å². The summed E-state index contributed by atoms with van der Waals surface area (Å²) in [5.41, 5.74) is 0.498. The number of carbonyl (C=O) groups excluding carboxylic acids is 2. The number of halogens is 2. The zero-order chi connectivity index (χ0) is 20.4. The van der Waals surface area contributed by atoms with E-state index < -0.39 is 0 Å². The number of hydrogen-bond donors (Lipinski definition) is 0. The molecule has 4 rings (SSSR count). The maximum atomic E-state index is 14.0. The summed E-state index contributed by atoms with van der Waals surface area (Å²) in [7, 11) is 0. The van der Waals surface area contributed by atoms with Crippen LogP contribution in [-0.4, -0.2) is 65.3 Å². The lowest BCUT2D eigenvalue weighted by Gasteiger charge is -2.37. The van der Waals surface area contributed by atoms with Gasteiger partial charge in [0.2, 0.25) is 5.91 Å². The molecule has 2 aliphatic rings. The average molecular weight is 436 g/mol. The highest BCUT2D eigenvalue weighted by Crippen LogP contribution is 2.25. The molecule has 0 N–H and O–H groups in total. The van der Waals surface area contributed by atoms with Crippen LogP contribution >= 0.6 is 22.9 Å². The number of piperazine rings is 1. The molecule has 0 spiro atoms. The lowest BCUT2D eigenvalue weighted by molar-refractivity contribution is -0.137. The molecule has 0 saturated carbocycles. The van der Waals surface area contributed by atoms with Gasteiger partial charge in [-0.2, -0.15) is 0 Å². The van der Waals surface area contributed by atoms with E-state index in [0.29, 0.717) is 61.2 Å². The van der Waals surface area contributed by atoms with Gasteiger partial charge in [-0.05, 0) is 36.4 Å². The van der Waals surface area contributed by atoms with Crippen molar-refractivity contribution in [1.29, 1.82) is 0 Å². The van der Waals surface area contributed by atoms with Crippen molar-refractivity contribution in [2.75, 3.05) is 32.7 Å². The molecule has 29 heavy (non-hydrogen) atoms. The number of nitrogens with zero attached hydrogens (tertiary/aromatic N) is 3. The number of thiophene rings is 1. The third kappa shape index (κ3) is 4.32. The minimum Gasteiger partial charge on any atom is -0.338 e. The Hall–Kier alpha value is -1.96. The molecular formula is C21H23ClFN3O2S. The lowest BCUT2D eigenvalue weighted by atomic mass is 10.1. The second kappa shape index (κ2) is 8.81. The molecule has 0 bridgehead atoms. The van der Waals surface area contributed by atoms with E-state index in [2.05, 4.69) is 4.90 Å². The van der Waals surface area contributed by atoms with Gasteiger partial charge in [0.05, 0.1) is 4.88 Å². The van der Waals surface area contributed by atoms with Gasteiger partial charge in [0.25, 0.3) is 5.91 Å². The molecular weight excluding hydrogens is 413 g/mol. The molecule has 2 fully saturated rings. The van der Waals surface area contributed by atoms with Crippen molar-refractivity contribution >= 4 is 34.8 Å². The van der Waals surface area contributed by atoms with Crippen LogP contribution in [0.1, 0.15) is 28.1 Å². The van der Waals surface area contributed by atoms with Crippen LogP contribution in [0.2, 0.25) is 5.02 Å². The lowest BCUT2D eigenvalue weighted by Crippen LogP contribution is -2.54. The first kappa shape index (κ1) is 20.3. The van der Waals surface area contributed by atoms with Gasteiger partial charge in [-0.1, -0.05) is 23.7 Å². The van der Waals surface area contributed by atoms with Crippen molar-refractivity contribution in [1.82, 2.24) is 14.7 Å². The van der Waals surface area contributed by atoms with Gasteiger partial charge in [0, 0.05) is 49.9 Å². The zero-order valence-corrected chi connectivity index (χ0v) is 17.6. The van der Waals surface area contributed by atoms with Crippen LogP contribution in [0.25, 0.3) is 0 Å². The van der Waals surface area contributed by atoms with Crippen molar-refractivity contribution in [3.8, 4) is 0 Å². The summed E-state index contributed by atoms with van der Waals surface area (Å²) in [6.07, 6.45) is 1.56. The molecule has 1 aromatic carbocycles. The third-order valence-electron chi connectivity index (χ3n) is 5.66. The van der Waals surface area contributed by atoms with Gasteiger partial charge >= 0.3 is 0 Å². The number of rotatable bonds is 4. The monoisotopic (exact) mass is 435 g/mol. The summed E-state index contributed by atoms with van der Waals surface area (Å²) in [4.78, 5) is 32.2. The molecule has 0 aliphatic carbocycles.